The van der Waals surface area contributed by atoms with Gasteiger partial charge < -0.3 is 20.1 Å². The standard InChI is InChI=1S/C24H25N3O4S/c1-30-19-3-2-4-20-22(19)27-24(32-20)23(29)15-6-8-16(9-7-15)25-12-14-5-10-18-17(11-14)26-21(28)13-31-18/h2-5,10-11,15-16,25H,6-9,12-13H2,1H3,(H,26,28)/t15-,16-. The molecule has 0 saturated heterocycles. The molecule has 166 valence electrons. The number of rotatable bonds is 6. The van der Waals surface area contributed by atoms with E-state index in [1.165, 1.54) is 11.3 Å². The molecule has 1 amide bonds. The van der Waals surface area contributed by atoms with Gasteiger partial charge in [-0.3, -0.25) is 9.59 Å². The van der Waals surface area contributed by atoms with E-state index in [1.54, 1.807) is 7.11 Å². The Labute approximate surface area is 190 Å². The summed E-state index contributed by atoms with van der Waals surface area (Å²) in [6.45, 7) is 0.779. The molecular formula is C24H25N3O4S. The zero-order chi connectivity index (χ0) is 22.1. The summed E-state index contributed by atoms with van der Waals surface area (Å²) in [5, 5.41) is 7.03. The number of nitrogens with zero attached hydrogens (tertiary/aromatic N) is 1. The van der Waals surface area contributed by atoms with Gasteiger partial charge in [-0.25, -0.2) is 4.98 Å². The van der Waals surface area contributed by atoms with Crippen molar-refractivity contribution in [1.29, 1.82) is 0 Å². The zero-order valence-corrected chi connectivity index (χ0v) is 18.7. The van der Waals surface area contributed by atoms with Crippen LogP contribution in [0.25, 0.3) is 10.2 Å². The van der Waals surface area contributed by atoms with Crippen molar-refractivity contribution < 1.29 is 19.1 Å². The molecule has 5 rings (SSSR count). The first-order valence-electron chi connectivity index (χ1n) is 10.9. The molecule has 3 aromatic rings. The van der Waals surface area contributed by atoms with Crippen LogP contribution >= 0.6 is 11.3 Å². The van der Waals surface area contributed by atoms with Crippen molar-refractivity contribution >= 4 is 38.9 Å². The van der Waals surface area contributed by atoms with Crippen molar-refractivity contribution in [2.75, 3.05) is 19.0 Å². The number of aromatic nitrogens is 1. The second kappa shape index (κ2) is 8.88. The molecule has 2 aliphatic rings. The Bertz CT molecular complexity index is 1170. The van der Waals surface area contributed by atoms with Gasteiger partial charge in [-0.2, -0.15) is 0 Å². The monoisotopic (exact) mass is 451 g/mol. The summed E-state index contributed by atoms with van der Waals surface area (Å²) in [4.78, 5) is 29.2. The molecule has 1 aromatic heterocycles. The lowest BCUT2D eigenvalue weighted by atomic mass is 9.83. The van der Waals surface area contributed by atoms with Crippen molar-refractivity contribution in [3.8, 4) is 11.5 Å². The molecular weight excluding hydrogens is 426 g/mol. The van der Waals surface area contributed by atoms with Crippen LogP contribution in [0.3, 0.4) is 0 Å². The topological polar surface area (TPSA) is 89.6 Å². The van der Waals surface area contributed by atoms with Crippen LogP contribution in [0.5, 0.6) is 11.5 Å². The molecule has 1 saturated carbocycles. The van der Waals surface area contributed by atoms with E-state index < -0.39 is 0 Å². The third-order valence-corrected chi connectivity index (χ3v) is 7.22. The van der Waals surface area contributed by atoms with Crippen LogP contribution in [-0.2, 0) is 11.3 Å². The number of anilines is 1. The summed E-state index contributed by atoms with van der Waals surface area (Å²) in [5.41, 5.74) is 2.59. The Balaban J connectivity index is 1.16. The molecule has 2 N–H and O–H groups in total. The number of amides is 1. The summed E-state index contributed by atoms with van der Waals surface area (Å²) in [5.74, 6) is 1.46. The normalized spacial score (nSPS) is 20.3. The number of carbonyl (C=O) groups excluding carboxylic acids is 2. The SMILES string of the molecule is COc1cccc2sc(C(=O)[C@H]3CC[C@H](NCc4ccc5c(c4)NC(=O)CO5)CC3)nc12. The van der Waals surface area contributed by atoms with E-state index >= 15 is 0 Å². The number of para-hydroxylation sites is 1. The smallest absolute Gasteiger partial charge is 0.262 e. The van der Waals surface area contributed by atoms with E-state index in [4.69, 9.17) is 9.47 Å². The number of hydrogen-bond acceptors (Lipinski definition) is 7. The van der Waals surface area contributed by atoms with Crippen molar-refractivity contribution in [1.82, 2.24) is 10.3 Å². The second-order valence-corrected chi connectivity index (χ2v) is 9.32. The summed E-state index contributed by atoms with van der Waals surface area (Å²) >= 11 is 1.45. The highest BCUT2D eigenvalue weighted by molar-refractivity contribution is 7.20. The van der Waals surface area contributed by atoms with Gasteiger partial charge in [-0.15, -0.1) is 11.3 Å². The van der Waals surface area contributed by atoms with Crippen molar-refractivity contribution in [3.63, 3.8) is 0 Å². The summed E-state index contributed by atoms with van der Waals surface area (Å²) in [6, 6.07) is 12.0. The van der Waals surface area contributed by atoms with Crippen LogP contribution in [0.2, 0.25) is 0 Å². The predicted octanol–water partition coefficient (Wildman–Crippen LogP) is 4.17. The molecule has 1 aliphatic carbocycles. The van der Waals surface area contributed by atoms with Crippen LogP contribution in [0.4, 0.5) is 5.69 Å². The number of fused-ring (bicyclic) bond motifs is 2. The quantitative estimate of drug-likeness (QED) is 0.547. The summed E-state index contributed by atoms with van der Waals surface area (Å²) in [6.07, 6.45) is 3.63. The highest BCUT2D eigenvalue weighted by Crippen LogP contribution is 2.34. The maximum absolute atomic E-state index is 13.1. The van der Waals surface area contributed by atoms with Crippen LogP contribution in [0.15, 0.2) is 36.4 Å². The van der Waals surface area contributed by atoms with Crippen molar-refractivity contribution in [2.45, 2.75) is 38.3 Å². The summed E-state index contributed by atoms with van der Waals surface area (Å²) in [7, 11) is 1.62. The molecule has 1 aliphatic heterocycles. The highest BCUT2D eigenvalue weighted by atomic mass is 32.1. The third-order valence-electron chi connectivity index (χ3n) is 6.18. The lowest BCUT2D eigenvalue weighted by Gasteiger charge is -2.28. The first-order valence-corrected chi connectivity index (χ1v) is 11.7. The molecule has 1 fully saturated rings. The fourth-order valence-electron chi connectivity index (χ4n) is 4.43. The van der Waals surface area contributed by atoms with Crippen LogP contribution < -0.4 is 20.1 Å². The van der Waals surface area contributed by atoms with Gasteiger partial charge in [-0.1, -0.05) is 12.1 Å². The molecule has 8 heteroatoms. The van der Waals surface area contributed by atoms with Crippen molar-refractivity contribution in [3.05, 3.63) is 47.0 Å². The maximum atomic E-state index is 13.1. The fraction of sp³-hybridized carbons (Fsp3) is 0.375. The molecule has 0 atom stereocenters. The largest absolute Gasteiger partial charge is 0.494 e. The Morgan fingerprint density at radius 1 is 1.25 bits per heavy atom. The fourth-order valence-corrected chi connectivity index (χ4v) is 5.43. The molecule has 0 bridgehead atoms. The lowest BCUT2D eigenvalue weighted by molar-refractivity contribution is -0.118. The number of ketones is 1. The first-order chi connectivity index (χ1) is 15.6. The van der Waals surface area contributed by atoms with Gasteiger partial charge >= 0.3 is 0 Å². The second-order valence-electron chi connectivity index (χ2n) is 8.29. The average Bonchev–Trinajstić information content (AvgIpc) is 3.27. The Hall–Kier alpha value is -2.97. The zero-order valence-electron chi connectivity index (χ0n) is 17.8. The van der Waals surface area contributed by atoms with E-state index in [2.05, 4.69) is 15.6 Å². The Morgan fingerprint density at radius 3 is 2.91 bits per heavy atom. The Morgan fingerprint density at radius 2 is 2.09 bits per heavy atom. The van der Waals surface area contributed by atoms with Crippen LogP contribution in [-0.4, -0.2) is 36.4 Å². The Kier molecular flexibility index (Phi) is 5.80. The molecule has 2 heterocycles. The van der Waals surface area contributed by atoms with Crippen LogP contribution in [0.1, 0.15) is 41.0 Å². The van der Waals surface area contributed by atoms with Gasteiger partial charge in [0.15, 0.2) is 17.4 Å². The minimum absolute atomic E-state index is 0.0238. The van der Waals surface area contributed by atoms with E-state index in [0.29, 0.717) is 29.1 Å². The molecule has 0 spiro atoms. The van der Waals surface area contributed by atoms with Gasteiger partial charge in [0, 0.05) is 18.5 Å². The number of benzene rings is 2. The van der Waals surface area contributed by atoms with E-state index in [-0.39, 0.29) is 24.2 Å². The van der Waals surface area contributed by atoms with E-state index in [0.717, 1.165) is 47.2 Å². The van der Waals surface area contributed by atoms with Gasteiger partial charge in [0.2, 0.25) is 0 Å². The molecule has 2 aromatic carbocycles. The number of thiazole rings is 1. The average molecular weight is 452 g/mol. The minimum atomic E-state index is -0.128. The van der Waals surface area contributed by atoms with Gasteiger partial charge in [0.25, 0.3) is 5.91 Å². The number of nitrogens with one attached hydrogen (secondary N) is 2. The summed E-state index contributed by atoms with van der Waals surface area (Å²) < 4.78 is 11.8. The molecule has 0 unspecified atom stereocenters. The molecule has 32 heavy (non-hydrogen) atoms. The lowest BCUT2D eigenvalue weighted by Crippen LogP contribution is -2.34. The first kappa shape index (κ1) is 20.9. The van der Waals surface area contributed by atoms with Crippen molar-refractivity contribution in [2.24, 2.45) is 5.92 Å². The van der Waals surface area contributed by atoms with Gasteiger partial charge in [0.05, 0.1) is 17.5 Å². The molecule has 0 radical (unpaired) electrons. The number of ether oxygens (including phenoxy) is 2. The number of carbonyl (C=O) groups is 2. The number of methoxy groups -OCH3 is 1. The maximum Gasteiger partial charge on any atom is 0.262 e. The van der Waals surface area contributed by atoms with Crippen LogP contribution in [0, 0.1) is 5.92 Å². The highest BCUT2D eigenvalue weighted by Gasteiger charge is 2.29. The van der Waals surface area contributed by atoms with E-state index in [9.17, 15) is 9.59 Å². The predicted molar refractivity (Wildman–Crippen MR) is 124 cm³/mol. The minimum Gasteiger partial charge on any atom is -0.494 e. The number of Topliss-reactive ketones (excluding diaryl/α,β-unsaturated/α-hetero) is 1. The molecule has 7 nitrogen and oxygen atoms in total. The van der Waals surface area contributed by atoms with Gasteiger partial charge in [0.1, 0.15) is 17.0 Å². The number of hydrogen-bond donors (Lipinski definition) is 2. The van der Waals surface area contributed by atoms with Gasteiger partial charge in [-0.05, 0) is 55.5 Å². The third kappa shape index (κ3) is 4.20. The van der Waals surface area contributed by atoms with E-state index in [1.807, 2.05) is 36.4 Å².